The highest BCUT2D eigenvalue weighted by molar-refractivity contribution is 9.10. The summed E-state index contributed by atoms with van der Waals surface area (Å²) in [7, 11) is 0. The third-order valence-corrected chi connectivity index (χ3v) is 2.87. The van der Waals surface area contributed by atoms with Crippen LogP contribution in [0.15, 0.2) is 29.1 Å². The third-order valence-electron chi connectivity index (χ3n) is 1.96. The fourth-order valence-corrected chi connectivity index (χ4v) is 1.75. The third kappa shape index (κ3) is 2.01. The smallest absolute Gasteiger partial charge is 0.134 e. The zero-order valence-electron chi connectivity index (χ0n) is 7.78. The van der Waals surface area contributed by atoms with E-state index in [1.54, 1.807) is 0 Å². The minimum atomic E-state index is -0.523. The molecular weight excluding hydrogens is 298 g/mol. The summed E-state index contributed by atoms with van der Waals surface area (Å²) in [5.74, 6) is -0.601. The summed E-state index contributed by atoms with van der Waals surface area (Å²) >= 11 is 8.85. The van der Waals surface area contributed by atoms with Gasteiger partial charge in [-0.15, -0.1) is 0 Å². The van der Waals surface area contributed by atoms with Gasteiger partial charge in [0, 0.05) is 11.8 Å². The zero-order chi connectivity index (χ0) is 11.7. The molecule has 2 rings (SSSR count). The van der Waals surface area contributed by atoms with E-state index in [1.807, 2.05) is 0 Å². The van der Waals surface area contributed by atoms with E-state index < -0.39 is 5.82 Å². The molecule has 1 aromatic heterocycles. The lowest BCUT2D eigenvalue weighted by Gasteiger charge is -2.06. The van der Waals surface area contributed by atoms with Crippen molar-refractivity contribution in [3.8, 4) is 17.0 Å². The normalized spacial score (nSPS) is 10.4. The molecule has 3 nitrogen and oxygen atoms in total. The van der Waals surface area contributed by atoms with Gasteiger partial charge in [0.2, 0.25) is 0 Å². The van der Waals surface area contributed by atoms with Crippen LogP contribution in [-0.2, 0) is 0 Å². The van der Waals surface area contributed by atoms with Crippen molar-refractivity contribution in [2.24, 2.45) is 0 Å². The maximum Gasteiger partial charge on any atom is 0.134 e. The SMILES string of the molecule is Oc1cc(-c2ncncc2Cl)c(F)cc1Br. The van der Waals surface area contributed by atoms with Gasteiger partial charge in [0.05, 0.1) is 15.2 Å². The second-order valence-electron chi connectivity index (χ2n) is 3.00. The van der Waals surface area contributed by atoms with Crippen molar-refractivity contribution in [2.75, 3.05) is 0 Å². The number of benzene rings is 1. The van der Waals surface area contributed by atoms with Crippen LogP contribution in [0.5, 0.6) is 5.75 Å². The highest BCUT2D eigenvalue weighted by Crippen LogP contribution is 2.34. The predicted molar refractivity (Wildman–Crippen MR) is 61.8 cm³/mol. The van der Waals surface area contributed by atoms with Crippen LogP contribution in [-0.4, -0.2) is 15.1 Å². The first-order chi connectivity index (χ1) is 7.59. The van der Waals surface area contributed by atoms with E-state index in [1.165, 1.54) is 18.6 Å². The van der Waals surface area contributed by atoms with Crippen molar-refractivity contribution >= 4 is 27.5 Å². The van der Waals surface area contributed by atoms with Gasteiger partial charge in [-0.3, -0.25) is 0 Å². The maximum absolute atomic E-state index is 13.6. The monoisotopic (exact) mass is 302 g/mol. The molecule has 0 amide bonds. The molecule has 1 aromatic carbocycles. The highest BCUT2D eigenvalue weighted by atomic mass is 79.9. The summed E-state index contributed by atoms with van der Waals surface area (Å²) in [6.45, 7) is 0. The maximum atomic E-state index is 13.6. The van der Waals surface area contributed by atoms with Gasteiger partial charge in [-0.05, 0) is 28.1 Å². The molecule has 1 N–H and O–H groups in total. The Morgan fingerprint density at radius 1 is 1.38 bits per heavy atom. The highest BCUT2D eigenvalue weighted by Gasteiger charge is 2.13. The number of halogens is 3. The standard InChI is InChI=1S/C10H5BrClFN2O/c11-6-2-8(13)5(1-9(6)16)10-7(12)3-14-4-15-10/h1-4,16H. The van der Waals surface area contributed by atoms with Gasteiger partial charge in [-0.1, -0.05) is 11.6 Å². The zero-order valence-corrected chi connectivity index (χ0v) is 10.1. The first-order valence-corrected chi connectivity index (χ1v) is 5.40. The van der Waals surface area contributed by atoms with E-state index in [4.69, 9.17) is 11.6 Å². The van der Waals surface area contributed by atoms with Crippen molar-refractivity contribution < 1.29 is 9.50 Å². The Hall–Kier alpha value is -1.20. The van der Waals surface area contributed by atoms with Gasteiger partial charge >= 0.3 is 0 Å². The molecule has 6 heteroatoms. The molecule has 0 fully saturated rings. The summed E-state index contributed by atoms with van der Waals surface area (Å²) < 4.78 is 13.9. The summed E-state index contributed by atoms with van der Waals surface area (Å²) in [5.41, 5.74) is 0.380. The quantitative estimate of drug-likeness (QED) is 0.878. The van der Waals surface area contributed by atoms with Gasteiger partial charge in [-0.25, -0.2) is 14.4 Å². The first kappa shape index (κ1) is 11.3. The lowest BCUT2D eigenvalue weighted by molar-refractivity contribution is 0.470. The molecule has 1 heterocycles. The summed E-state index contributed by atoms with van der Waals surface area (Å²) in [4.78, 5) is 7.57. The molecule has 16 heavy (non-hydrogen) atoms. The Morgan fingerprint density at radius 2 is 2.12 bits per heavy atom. The van der Waals surface area contributed by atoms with Crippen LogP contribution in [0.1, 0.15) is 0 Å². The van der Waals surface area contributed by atoms with E-state index in [0.29, 0.717) is 0 Å². The molecule has 0 spiro atoms. The number of aromatic hydroxyl groups is 1. The molecule has 0 unspecified atom stereocenters. The number of hydrogen-bond acceptors (Lipinski definition) is 3. The van der Waals surface area contributed by atoms with Gasteiger partial charge in [-0.2, -0.15) is 0 Å². The average molecular weight is 304 g/mol. The van der Waals surface area contributed by atoms with Crippen LogP contribution in [0, 0.1) is 5.82 Å². The minimum Gasteiger partial charge on any atom is -0.507 e. The van der Waals surface area contributed by atoms with E-state index in [2.05, 4.69) is 25.9 Å². The van der Waals surface area contributed by atoms with Gasteiger partial charge in [0.15, 0.2) is 0 Å². The van der Waals surface area contributed by atoms with E-state index in [0.717, 1.165) is 6.07 Å². The lowest BCUT2D eigenvalue weighted by Crippen LogP contribution is -1.90. The fraction of sp³-hybridized carbons (Fsp3) is 0. The van der Waals surface area contributed by atoms with Crippen LogP contribution in [0.25, 0.3) is 11.3 Å². The molecule has 0 atom stereocenters. The van der Waals surface area contributed by atoms with Crippen molar-refractivity contribution in [2.45, 2.75) is 0 Å². The molecule has 0 radical (unpaired) electrons. The average Bonchev–Trinajstić information content (AvgIpc) is 2.25. The van der Waals surface area contributed by atoms with E-state index >= 15 is 0 Å². The molecule has 0 saturated heterocycles. The van der Waals surface area contributed by atoms with Gasteiger partial charge < -0.3 is 5.11 Å². The number of phenols is 1. The topological polar surface area (TPSA) is 46.0 Å². The van der Waals surface area contributed by atoms with Gasteiger partial charge in [0.25, 0.3) is 0 Å². The Bertz CT molecular complexity index is 550. The molecule has 0 aliphatic heterocycles. The predicted octanol–water partition coefficient (Wildman–Crippen LogP) is 3.40. The van der Waals surface area contributed by atoms with Crippen molar-refractivity contribution in [3.63, 3.8) is 0 Å². The van der Waals surface area contributed by atoms with E-state index in [9.17, 15) is 9.50 Å². The van der Waals surface area contributed by atoms with E-state index in [-0.39, 0.29) is 26.5 Å². The number of aromatic nitrogens is 2. The molecule has 0 aliphatic carbocycles. The molecule has 0 aliphatic rings. The summed E-state index contributed by atoms with van der Waals surface area (Å²) in [6.07, 6.45) is 2.63. The van der Waals surface area contributed by atoms with Crippen molar-refractivity contribution in [1.29, 1.82) is 0 Å². The largest absolute Gasteiger partial charge is 0.507 e. The number of hydrogen-bond donors (Lipinski definition) is 1. The second-order valence-corrected chi connectivity index (χ2v) is 4.26. The molecular formula is C10H5BrClFN2O. The Kier molecular flexibility index (Phi) is 3.07. The minimum absolute atomic E-state index is 0.0777. The second kappa shape index (κ2) is 4.35. The van der Waals surface area contributed by atoms with Crippen LogP contribution in [0.3, 0.4) is 0 Å². The van der Waals surface area contributed by atoms with Gasteiger partial charge in [0.1, 0.15) is 17.9 Å². The molecule has 82 valence electrons. The van der Waals surface area contributed by atoms with Crippen LogP contribution < -0.4 is 0 Å². The summed E-state index contributed by atoms with van der Waals surface area (Å²) in [6, 6.07) is 2.41. The number of nitrogens with zero attached hydrogens (tertiary/aromatic N) is 2. The number of rotatable bonds is 1. The Balaban J connectivity index is 2.65. The van der Waals surface area contributed by atoms with Crippen LogP contribution >= 0.6 is 27.5 Å². The molecule has 0 bridgehead atoms. The fourth-order valence-electron chi connectivity index (χ4n) is 1.23. The van der Waals surface area contributed by atoms with Crippen molar-refractivity contribution in [1.82, 2.24) is 9.97 Å². The van der Waals surface area contributed by atoms with Crippen LogP contribution in [0.2, 0.25) is 5.02 Å². The molecule has 2 aromatic rings. The Labute approximate surface area is 104 Å². The lowest BCUT2D eigenvalue weighted by atomic mass is 10.1. The van der Waals surface area contributed by atoms with Crippen LogP contribution in [0.4, 0.5) is 4.39 Å². The first-order valence-electron chi connectivity index (χ1n) is 4.23. The Morgan fingerprint density at radius 3 is 2.81 bits per heavy atom. The summed E-state index contributed by atoms with van der Waals surface area (Å²) in [5, 5.41) is 9.70. The van der Waals surface area contributed by atoms with Crippen molar-refractivity contribution in [3.05, 3.63) is 40.0 Å². The molecule has 0 saturated carbocycles. The number of phenolic OH excluding ortho intramolecular Hbond substituents is 1.